The third-order valence-electron chi connectivity index (χ3n) is 7.79. The molecular weight excluding hydrogens is 480 g/mol. The fourth-order valence-electron chi connectivity index (χ4n) is 6.47. The summed E-state index contributed by atoms with van der Waals surface area (Å²) in [5, 5.41) is 0. The fourth-order valence-corrected chi connectivity index (χ4v) is 7.04. The lowest BCUT2D eigenvalue weighted by atomic mass is 9.64. The van der Waals surface area contributed by atoms with Gasteiger partial charge >= 0.3 is 0 Å². The maximum absolute atomic E-state index is 12.4. The highest BCUT2D eigenvalue weighted by atomic mass is 79.9. The Bertz CT molecular complexity index is 1520. The molecule has 2 heteroatoms. The van der Waals surface area contributed by atoms with Gasteiger partial charge in [-0.2, -0.15) is 0 Å². The smallest absolute Gasteiger partial charge is 0.147 e. The number of hydrogen-bond acceptors (Lipinski definition) is 1. The summed E-state index contributed by atoms with van der Waals surface area (Å²) in [6.07, 6.45) is 12.4. The molecular formula is C32H21BrO. The largest absolute Gasteiger partial charge is 0.298 e. The minimum atomic E-state index is -0.486. The van der Waals surface area contributed by atoms with Crippen molar-refractivity contribution in [2.45, 2.75) is 12.3 Å². The second-order valence-corrected chi connectivity index (χ2v) is 10.4. The zero-order chi connectivity index (χ0) is 22.9. The highest BCUT2D eigenvalue weighted by molar-refractivity contribution is 9.11. The molecule has 4 aliphatic rings. The summed E-state index contributed by atoms with van der Waals surface area (Å²) in [5.74, 6) is 0.121. The first-order chi connectivity index (χ1) is 16.7. The molecule has 0 saturated carbocycles. The molecule has 1 atom stereocenters. The van der Waals surface area contributed by atoms with Gasteiger partial charge in [-0.25, -0.2) is 0 Å². The molecule has 7 rings (SSSR count). The van der Waals surface area contributed by atoms with Crippen molar-refractivity contribution in [2.24, 2.45) is 5.41 Å². The van der Waals surface area contributed by atoms with E-state index in [9.17, 15) is 4.79 Å². The van der Waals surface area contributed by atoms with Crippen molar-refractivity contribution in [1.29, 1.82) is 0 Å². The molecule has 0 amide bonds. The maximum atomic E-state index is 12.4. The van der Waals surface area contributed by atoms with Gasteiger partial charge in [0.25, 0.3) is 0 Å². The predicted octanol–water partition coefficient (Wildman–Crippen LogP) is 8.01. The lowest BCUT2D eigenvalue weighted by Crippen LogP contribution is -2.29. The van der Waals surface area contributed by atoms with Crippen LogP contribution in [0.4, 0.5) is 0 Å². The van der Waals surface area contributed by atoms with E-state index in [1.807, 2.05) is 12.2 Å². The molecule has 1 nitrogen and oxygen atoms in total. The number of allylic oxidation sites excluding steroid dienone is 10. The van der Waals surface area contributed by atoms with Crippen LogP contribution in [0.5, 0.6) is 0 Å². The third kappa shape index (κ3) is 2.52. The minimum Gasteiger partial charge on any atom is -0.298 e. The Morgan fingerprint density at radius 1 is 0.765 bits per heavy atom. The van der Waals surface area contributed by atoms with E-state index >= 15 is 0 Å². The van der Waals surface area contributed by atoms with E-state index in [4.69, 9.17) is 0 Å². The van der Waals surface area contributed by atoms with E-state index in [-0.39, 0.29) is 5.92 Å². The molecule has 1 spiro atoms. The molecule has 0 radical (unpaired) electrons. The van der Waals surface area contributed by atoms with Crippen molar-refractivity contribution >= 4 is 33.4 Å². The number of carbonyl (C=O) groups is 1. The van der Waals surface area contributed by atoms with Crippen molar-refractivity contribution in [3.63, 3.8) is 0 Å². The topological polar surface area (TPSA) is 17.1 Å². The van der Waals surface area contributed by atoms with Crippen LogP contribution in [0.3, 0.4) is 0 Å². The summed E-state index contributed by atoms with van der Waals surface area (Å²) in [7, 11) is 0. The van der Waals surface area contributed by atoms with Gasteiger partial charge in [0.15, 0.2) is 0 Å². The van der Waals surface area contributed by atoms with Crippen LogP contribution in [0.25, 0.3) is 22.3 Å². The Morgan fingerprint density at radius 3 is 2.06 bits per heavy atom. The van der Waals surface area contributed by atoms with Crippen molar-refractivity contribution in [1.82, 2.24) is 0 Å². The molecule has 162 valence electrons. The van der Waals surface area contributed by atoms with Crippen LogP contribution < -0.4 is 0 Å². The number of aldehydes is 1. The number of rotatable bonds is 2. The first-order valence-electron chi connectivity index (χ1n) is 11.7. The van der Waals surface area contributed by atoms with Crippen LogP contribution in [-0.4, -0.2) is 6.29 Å². The number of benzene rings is 3. The van der Waals surface area contributed by atoms with Gasteiger partial charge in [-0.05, 0) is 61.0 Å². The second kappa shape index (κ2) is 7.25. The highest BCUT2D eigenvalue weighted by Gasteiger charge is 2.48. The molecule has 0 N–H and O–H groups in total. The summed E-state index contributed by atoms with van der Waals surface area (Å²) in [4.78, 5) is 12.4. The molecule has 3 aromatic carbocycles. The second-order valence-electron chi connectivity index (χ2n) is 9.38. The molecule has 0 bridgehead atoms. The lowest BCUT2D eigenvalue weighted by molar-refractivity contribution is -0.105. The van der Waals surface area contributed by atoms with Crippen molar-refractivity contribution in [3.8, 4) is 11.1 Å². The van der Waals surface area contributed by atoms with Gasteiger partial charge in [-0.3, -0.25) is 4.79 Å². The molecule has 34 heavy (non-hydrogen) atoms. The molecule has 0 aliphatic heterocycles. The maximum Gasteiger partial charge on any atom is 0.147 e. The molecule has 4 aliphatic carbocycles. The molecule has 0 aromatic heterocycles. The Kier molecular flexibility index (Phi) is 4.25. The van der Waals surface area contributed by atoms with Gasteiger partial charge in [0, 0.05) is 16.9 Å². The van der Waals surface area contributed by atoms with Crippen molar-refractivity contribution in [2.75, 3.05) is 0 Å². The van der Waals surface area contributed by atoms with Gasteiger partial charge < -0.3 is 0 Å². The number of halogens is 1. The monoisotopic (exact) mass is 500 g/mol. The highest BCUT2D eigenvalue weighted by Crippen LogP contribution is 2.63. The SMILES string of the molecule is O=CC1=CC=C(Br)CC12C=CC=C1C2=C(C2c3ccccc3-c3ccccc32)c2ccccc21. The minimum absolute atomic E-state index is 0.121. The summed E-state index contributed by atoms with van der Waals surface area (Å²) in [6, 6.07) is 26.3. The number of carbonyl (C=O) groups excluding carboxylic acids is 1. The van der Waals surface area contributed by atoms with Crippen molar-refractivity contribution < 1.29 is 4.79 Å². The quantitative estimate of drug-likeness (QED) is 0.325. The van der Waals surface area contributed by atoms with Crippen LogP contribution in [0.2, 0.25) is 0 Å². The van der Waals surface area contributed by atoms with Gasteiger partial charge in [-0.1, -0.05) is 119 Å². The number of fused-ring (bicyclic) bond motifs is 7. The van der Waals surface area contributed by atoms with Gasteiger partial charge in [0.2, 0.25) is 0 Å². The van der Waals surface area contributed by atoms with E-state index in [0.717, 1.165) is 22.8 Å². The first-order valence-corrected chi connectivity index (χ1v) is 12.5. The van der Waals surface area contributed by atoms with Gasteiger partial charge in [-0.15, -0.1) is 0 Å². The van der Waals surface area contributed by atoms with Gasteiger partial charge in [0.05, 0.1) is 0 Å². The first kappa shape index (κ1) is 19.9. The normalized spacial score (nSPS) is 22.0. The van der Waals surface area contributed by atoms with E-state index in [2.05, 4.69) is 107 Å². The summed E-state index contributed by atoms with van der Waals surface area (Å²) < 4.78 is 1.11. The Labute approximate surface area is 207 Å². The number of hydrogen-bond donors (Lipinski definition) is 0. The average Bonchev–Trinajstić information content (AvgIpc) is 3.38. The zero-order valence-corrected chi connectivity index (χ0v) is 20.0. The van der Waals surface area contributed by atoms with Crippen LogP contribution in [0.15, 0.2) is 119 Å². The van der Waals surface area contributed by atoms with E-state index in [0.29, 0.717) is 0 Å². The standard InChI is InChI=1S/C32H21BrO/c33-21-16-15-20(19-34)32(18-21)17-7-14-28-24-10-3-6-13-27(24)30(31(28)32)29-25-11-4-1-8-22(25)23-9-2-5-12-26(23)29/h1-17,19,29H,18H2. The van der Waals surface area contributed by atoms with Crippen LogP contribution in [0, 0.1) is 5.41 Å². The predicted molar refractivity (Wildman–Crippen MR) is 142 cm³/mol. The van der Waals surface area contributed by atoms with E-state index in [1.54, 1.807) is 0 Å². The summed E-state index contributed by atoms with van der Waals surface area (Å²) >= 11 is 3.77. The van der Waals surface area contributed by atoms with Crippen LogP contribution >= 0.6 is 15.9 Å². The zero-order valence-electron chi connectivity index (χ0n) is 18.5. The summed E-state index contributed by atoms with van der Waals surface area (Å²) in [6.45, 7) is 0. The third-order valence-corrected chi connectivity index (χ3v) is 8.34. The molecule has 3 aromatic rings. The van der Waals surface area contributed by atoms with Crippen molar-refractivity contribution in [3.05, 3.63) is 141 Å². The average molecular weight is 501 g/mol. The molecule has 0 fully saturated rings. The van der Waals surface area contributed by atoms with Crippen LogP contribution in [-0.2, 0) is 4.79 Å². The molecule has 1 unspecified atom stereocenters. The molecule has 0 heterocycles. The van der Waals surface area contributed by atoms with Crippen LogP contribution in [0.1, 0.15) is 34.6 Å². The fraction of sp³-hybridized carbons (Fsp3) is 0.0938. The Morgan fingerprint density at radius 2 is 1.38 bits per heavy atom. The lowest BCUT2D eigenvalue weighted by Gasteiger charge is -2.39. The molecule has 0 saturated heterocycles. The Balaban J connectivity index is 1.60. The van der Waals surface area contributed by atoms with Gasteiger partial charge in [0.1, 0.15) is 6.29 Å². The summed E-state index contributed by atoms with van der Waals surface area (Å²) in [5.41, 5.74) is 12.0. The Hall–Kier alpha value is -3.49. The van der Waals surface area contributed by atoms with E-state index < -0.39 is 5.41 Å². The van der Waals surface area contributed by atoms with E-state index in [1.165, 1.54) is 50.1 Å².